The van der Waals surface area contributed by atoms with Crippen molar-refractivity contribution in [3.63, 3.8) is 0 Å². The van der Waals surface area contributed by atoms with Crippen molar-refractivity contribution >= 4 is 11.9 Å². The standard InChI is InChI=1S/C11H13NO5/c1-6-3-8(13)4-7(2)12(6)9(11(16)17)5-10(14)15/h3-4,9H,5H2,1-2H3,(H,14,15)(H,16,17). The predicted molar refractivity (Wildman–Crippen MR) is 59.1 cm³/mol. The Kier molecular flexibility index (Phi) is 3.67. The first-order chi connectivity index (χ1) is 7.82. The van der Waals surface area contributed by atoms with Crippen LogP contribution in [0.4, 0.5) is 0 Å². The molecule has 0 aliphatic heterocycles. The largest absolute Gasteiger partial charge is 0.481 e. The maximum Gasteiger partial charge on any atom is 0.327 e. The van der Waals surface area contributed by atoms with Crippen LogP contribution in [-0.2, 0) is 9.59 Å². The Bertz CT molecular complexity index is 491. The Morgan fingerprint density at radius 2 is 1.71 bits per heavy atom. The fourth-order valence-corrected chi connectivity index (χ4v) is 1.82. The summed E-state index contributed by atoms with van der Waals surface area (Å²) in [5, 5.41) is 17.7. The van der Waals surface area contributed by atoms with Gasteiger partial charge >= 0.3 is 11.9 Å². The van der Waals surface area contributed by atoms with Gasteiger partial charge in [-0.15, -0.1) is 0 Å². The summed E-state index contributed by atoms with van der Waals surface area (Å²) in [4.78, 5) is 32.9. The molecule has 0 saturated carbocycles. The summed E-state index contributed by atoms with van der Waals surface area (Å²) in [7, 11) is 0. The molecule has 1 aromatic rings. The summed E-state index contributed by atoms with van der Waals surface area (Å²) < 4.78 is 1.35. The van der Waals surface area contributed by atoms with E-state index in [1.165, 1.54) is 16.7 Å². The van der Waals surface area contributed by atoms with Gasteiger partial charge in [0.05, 0.1) is 6.42 Å². The molecule has 1 atom stereocenters. The van der Waals surface area contributed by atoms with Gasteiger partial charge in [-0.1, -0.05) is 0 Å². The van der Waals surface area contributed by atoms with Crippen molar-refractivity contribution in [3.8, 4) is 0 Å². The molecule has 0 aliphatic carbocycles. The Balaban J connectivity index is 3.32. The van der Waals surface area contributed by atoms with Crippen molar-refractivity contribution in [2.75, 3.05) is 0 Å². The summed E-state index contributed by atoms with van der Waals surface area (Å²) >= 11 is 0. The Labute approximate surface area is 97.1 Å². The highest BCUT2D eigenvalue weighted by atomic mass is 16.4. The van der Waals surface area contributed by atoms with Crippen LogP contribution in [0.1, 0.15) is 23.9 Å². The highest BCUT2D eigenvalue weighted by Crippen LogP contribution is 2.16. The molecule has 0 bridgehead atoms. The van der Waals surface area contributed by atoms with Crippen LogP contribution in [-0.4, -0.2) is 26.7 Å². The van der Waals surface area contributed by atoms with E-state index in [1.807, 2.05) is 0 Å². The number of carboxylic acid groups (broad SMARTS) is 2. The van der Waals surface area contributed by atoms with Crippen LogP contribution in [0.5, 0.6) is 0 Å². The van der Waals surface area contributed by atoms with Crippen LogP contribution in [0.15, 0.2) is 16.9 Å². The molecule has 0 radical (unpaired) electrons. The van der Waals surface area contributed by atoms with E-state index in [4.69, 9.17) is 10.2 Å². The fourth-order valence-electron chi connectivity index (χ4n) is 1.82. The summed E-state index contributed by atoms with van der Waals surface area (Å²) in [5.41, 5.74) is 0.642. The molecule has 92 valence electrons. The molecule has 6 nitrogen and oxygen atoms in total. The monoisotopic (exact) mass is 239 g/mol. The first-order valence-electron chi connectivity index (χ1n) is 4.97. The number of pyridine rings is 1. The lowest BCUT2D eigenvalue weighted by molar-refractivity contribution is -0.147. The minimum absolute atomic E-state index is 0.226. The zero-order valence-corrected chi connectivity index (χ0v) is 9.51. The molecule has 0 amide bonds. The van der Waals surface area contributed by atoms with Crippen molar-refractivity contribution in [2.45, 2.75) is 26.3 Å². The number of carbonyl (C=O) groups is 2. The van der Waals surface area contributed by atoms with Gasteiger partial charge in [-0.2, -0.15) is 0 Å². The summed E-state index contributed by atoms with van der Waals surface area (Å²) in [5.74, 6) is -2.43. The summed E-state index contributed by atoms with van der Waals surface area (Å²) in [6.07, 6.45) is -0.528. The summed E-state index contributed by atoms with van der Waals surface area (Å²) in [6.45, 7) is 3.15. The van der Waals surface area contributed by atoms with E-state index in [1.54, 1.807) is 13.8 Å². The van der Waals surface area contributed by atoms with Gasteiger partial charge in [0.15, 0.2) is 5.43 Å². The minimum atomic E-state index is -1.23. The first kappa shape index (κ1) is 13.0. The van der Waals surface area contributed by atoms with E-state index < -0.39 is 24.4 Å². The lowest BCUT2D eigenvalue weighted by Gasteiger charge is -2.20. The fraction of sp³-hybridized carbons (Fsp3) is 0.364. The lowest BCUT2D eigenvalue weighted by atomic mass is 10.1. The Hall–Kier alpha value is -2.11. The van der Waals surface area contributed by atoms with E-state index in [0.717, 1.165) is 0 Å². The molecule has 0 saturated heterocycles. The molecule has 2 N–H and O–H groups in total. The maximum atomic E-state index is 11.2. The van der Waals surface area contributed by atoms with Crippen LogP contribution in [0.3, 0.4) is 0 Å². The maximum absolute atomic E-state index is 11.2. The molecule has 1 heterocycles. The number of aliphatic carboxylic acids is 2. The van der Waals surface area contributed by atoms with Crippen molar-refractivity contribution < 1.29 is 19.8 Å². The quantitative estimate of drug-likeness (QED) is 0.800. The first-order valence-corrected chi connectivity index (χ1v) is 4.97. The van der Waals surface area contributed by atoms with Crippen molar-refractivity contribution in [3.05, 3.63) is 33.7 Å². The van der Waals surface area contributed by atoms with Gasteiger partial charge in [0.25, 0.3) is 0 Å². The smallest absolute Gasteiger partial charge is 0.327 e. The van der Waals surface area contributed by atoms with E-state index >= 15 is 0 Å². The van der Waals surface area contributed by atoms with Gasteiger partial charge in [-0.3, -0.25) is 9.59 Å². The predicted octanol–water partition coefficient (Wildman–Crippen LogP) is 0.566. The summed E-state index contributed by atoms with van der Waals surface area (Å²) in [6, 6.07) is 1.36. The van der Waals surface area contributed by atoms with E-state index in [0.29, 0.717) is 11.4 Å². The second kappa shape index (κ2) is 4.82. The molecule has 0 fully saturated rings. The van der Waals surface area contributed by atoms with Gasteiger partial charge in [0, 0.05) is 23.5 Å². The van der Waals surface area contributed by atoms with Crippen molar-refractivity contribution in [1.82, 2.24) is 4.57 Å². The van der Waals surface area contributed by atoms with Crippen LogP contribution in [0.2, 0.25) is 0 Å². The SMILES string of the molecule is Cc1cc(=O)cc(C)n1C(CC(=O)O)C(=O)O. The zero-order chi connectivity index (χ0) is 13.2. The number of carboxylic acids is 2. The van der Waals surface area contributed by atoms with Crippen LogP contribution < -0.4 is 5.43 Å². The van der Waals surface area contributed by atoms with E-state index in [-0.39, 0.29) is 5.43 Å². The van der Waals surface area contributed by atoms with Gasteiger partial charge in [0.1, 0.15) is 6.04 Å². The zero-order valence-electron chi connectivity index (χ0n) is 9.51. The second-order valence-electron chi connectivity index (χ2n) is 3.80. The molecule has 1 unspecified atom stereocenters. The van der Waals surface area contributed by atoms with Crippen molar-refractivity contribution in [1.29, 1.82) is 0 Å². The van der Waals surface area contributed by atoms with E-state index in [2.05, 4.69) is 0 Å². The number of rotatable bonds is 4. The number of aromatic nitrogens is 1. The molecule has 17 heavy (non-hydrogen) atoms. The van der Waals surface area contributed by atoms with Gasteiger partial charge in [0.2, 0.25) is 0 Å². The van der Waals surface area contributed by atoms with Gasteiger partial charge in [-0.05, 0) is 13.8 Å². The number of hydrogen-bond donors (Lipinski definition) is 2. The van der Waals surface area contributed by atoms with Gasteiger partial charge in [-0.25, -0.2) is 4.79 Å². The average molecular weight is 239 g/mol. The van der Waals surface area contributed by atoms with Gasteiger partial charge < -0.3 is 14.8 Å². The minimum Gasteiger partial charge on any atom is -0.481 e. The number of aryl methyl sites for hydroxylation is 2. The third-order valence-electron chi connectivity index (χ3n) is 2.43. The molecule has 6 heteroatoms. The molecule has 1 rings (SSSR count). The van der Waals surface area contributed by atoms with Crippen LogP contribution >= 0.6 is 0 Å². The van der Waals surface area contributed by atoms with E-state index in [9.17, 15) is 14.4 Å². The topological polar surface area (TPSA) is 96.6 Å². The van der Waals surface area contributed by atoms with Crippen LogP contribution in [0, 0.1) is 13.8 Å². The third-order valence-corrected chi connectivity index (χ3v) is 2.43. The normalized spacial score (nSPS) is 12.1. The number of nitrogens with zero attached hydrogens (tertiary/aromatic N) is 1. The molecule has 0 spiro atoms. The second-order valence-corrected chi connectivity index (χ2v) is 3.80. The Morgan fingerprint density at radius 1 is 1.24 bits per heavy atom. The molecular weight excluding hydrogens is 226 g/mol. The van der Waals surface area contributed by atoms with Crippen molar-refractivity contribution in [2.24, 2.45) is 0 Å². The Morgan fingerprint density at radius 3 is 2.06 bits per heavy atom. The number of hydrogen-bond acceptors (Lipinski definition) is 3. The molecule has 1 aromatic heterocycles. The van der Waals surface area contributed by atoms with Crippen LogP contribution in [0.25, 0.3) is 0 Å². The highest BCUT2D eigenvalue weighted by molar-refractivity contribution is 5.79. The molecule has 0 aromatic carbocycles. The average Bonchev–Trinajstić information content (AvgIpc) is 2.13. The highest BCUT2D eigenvalue weighted by Gasteiger charge is 2.24. The molecular formula is C11H13NO5. The molecule has 0 aliphatic rings. The third kappa shape index (κ3) is 2.93. The lowest BCUT2D eigenvalue weighted by Crippen LogP contribution is -2.26.